The maximum absolute atomic E-state index is 12.6. The largest absolute Gasteiger partial charge is 0.369 e. The summed E-state index contributed by atoms with van der Waals surface area (Å²) in [5.74, 6) is 0.406. The Labute approximate surface area is 245 Å². The Morgan fingerprint density at radius 3 is 2.50 bits per heavy atom. The standard InChI is InChI=1S/C31H36N8O2S/c1-36-13-15-37(16-14-36)26-18-24(19-27(20-26)42(2,40)41)32-31-33-30-10-6-9-29(39(30)35-31)22-11-12-28-23(17-22)21-38(34-28)25-7-4-3-5-8-25/h6,9-12,17-21,25H,3-5,7-8,13-16H2,1-2H3,(H,32,35). The molecule has 1 N–H and O–H groups in total. The van der Waals surface area contributed by atoms with Gasteiger partial charge in [-0.15, -0.1) is 5.10 Å². The van der Waals surface area contributed by atoms with E-state index in [4.69, 9.17) is 15.2 Å². The Hall–Kier alpha value is -3.96. The summed E-state index contributed by atoms with van der Waals surface area (Å²) in [6.45, 7) is 3.53. The fraction of sp³-hybridized carbons (Fsp3) is 0.387. The third kappa shape index (κ3) is 5.34. The van der Waals surface area contributed by atoms with Crippen molar-refractivity contribution in [3.8, 4) is 11.3 Å². The molecule has 0 atom stereocenters. The minimum atomic E-state index is -3.41. The fourth-order valence-corrected chi connectivity index (χ4v) is 6.84. The van der Waals surface area contributed by atoms with Gasteiger partial charge in [0, 0.05) is 61.0 Å². The maximum Gasteiger partial charge on any atom is 0.247 e. The number of piperazine rings is 1. The number of anilines is 3. The van der Waals surface area contributed by atoms with E-state index in [1.165, 1.54) is 38.4 Å². The summed E-state index contributed by atoms with van der Waals surface area (Å²) in [5.41, 5.74) is 5.17. The molecule has 0 bridgehead atoms. The predicted octanol–water partition coefficient (Wildman–Crippen LogP) is 5.15. The number of likely N-dealkylation sites (N-methyl/N-ethyl adjacent to an activating group) is 1. The average Bonchev–Trinajstić information content (AvgIpc) is 3.61. The van der Waals surface area contributed by atoms with E-state index in [1.54, 1.807) is 12.1 Å². The molecule has 4 heterocycles. The number of nitrogens with one attached hydrogen (secondary N) is 1. The normalized spacial score (nSPS) is 17.3. The van der Waals surface area contributed by atoms with Gasteiger partial charge in [0.1, 0.15) is 0 Å². The molecule has 11 heteroatoms. The van der Waals surface area contributed by atoms with Gasteiger partial charge in [0.2, 0.25) is 5.95 Å². The first kappa shape index (κ1) is 26.9. The monoisotopic (exact) mass is 584 g/mol. The molecule has 218 valence electrons. The Balaban J connectivity index is 1.21. The van der Waals surface area contributed by atoms with Crippen LogP contribution in [0.25, 0.3) is 27.8 Å². The van der Waals surface area contributed by atoms with Crippen LogP contribution < -0.4 is 10.2 Å². The first-order valence-corrected chi connectivity index (χ1v) is 16.6. The van der Waals surface area contributed by atoms with Gasteiger partial charge in [-0.2, -0.15) is 10.1 Å². The number of aromatic nitrogens is 5. The van der Waals surface area contributed by atoms with Gasteiger partial charge in [-0.3, -0.25) is 4.68 Å². The van der Waals surface area contributed by atoms with E-state index in [0.29, 0.717) is 23.3 Å². The summed E-state index contributed by atoms with van der Waals surface area (Å²) in [6, 6.07) is 18.1. The molecule has 42 heavy (non-hydrogen) atoms. The molecule has 10 nitrogen and oxygen atoms in total. The molecule has 7 rings (SSSR count). The highest BCUT2D eigenvalue weighted by atomic mass is 32.2. The van der Waals surface area contributed by atoms with Crippen LogP contribution in [-0.2, 0) is 9.84 Å². The van der Waals surface area contributed by atoms with Gasteiger partial charge in [0.15, 0.2) is 15.5 Å². The van der Waals surface area contributed by atoms with Crippen LogP contribution in [0.3, 0.4) is 0 Å². The lowest BCUT2D eigenvalue weighted by molar-refractivity contribution is 0.313. The molecule has 5 aromatic rings. The van der Waals surface area contributed by atoms with E-state index in [0.717, 1.165) is 54.0 Å². The summed E-state index contributed by atoms with van der Waals surface area (Å²) in [6.07, 6.45) is 9.67. The maximum atomic E-state index is 12.6. The van der Waals surface area contributed by atoms with Gasteiger partial charge in [-0.1, -0.05) is 31.4 Å². The van der Waals surface area contributed by atoms with E-state index in [1.807, 2.05) is 28.8 Å². The number of hydrogen-bond acceptors (Lipinski definition) is 8. The van der Waals surface area contributed by atoms with E-state index in [-0.39, 0.29) is 4.90 Å². The van der Waals surface area contributed by atoms with Crippen LogP contribution in [0, 0.1) is 0 Å². The quantitative estimate of drug-likeness (QED) is 0.293. The predicted molar refractivity (Wildman–Crippen MR) is 166 cm³/mol. The molecule has 2 aromatic carbocycles. The van der Waals surface area contributed by atoms with Crippen molar-refractivity contribution in [3.63, 3.8) is 0 Å². The van der Waals surface area contributed by atoms with E-state index < -0.39 is 9.84 Å². The third-order valence-corrected chi connectivity index (χ3v) is 9.66. The van der Waals surface area contributed by atoms with Crippen LogP contribution >= 0.6 is 0 Å². The molecule has 2 aliphatic rings. The number of benzene rings is 2. The van der Waals surface area contributed by atoms with Crippen LogP contribution in [0.1, 0.15) is 38.1 Å². The van der Waals surface area contributed by atoms with Crippen molar-refractivity contribution in [2.24, 2.45) is 0 Å². The van der Waals surface area contributed by atoms with Gasteiger partial charge in [-0.25, -0.2) is 12.9 Å². The van der Waals surface area contributed by atoms with E-state index >= 15 is 0 Å². The van der Waals surface area contributed by atoms with Crippen molar-refractivity contribution in [3.05, 3.63) is 60.8 Å². The van der Waals surface area contributed by atoms with Gasteiger partial charge >= 0.3 is 0 Å². The lowest BCUT2D eigenvalue weighted by Gasteiger charge is -2.34. The summed E-state index contributed by atoms with van der Waals surface area (Å²) < 4.78 is 29.1. The molecule has 1 saturated heterocycles. The number of hydrogen-bond donors (Lipinski definition) is 1. The van der Waals surface area contributed by atoms with Gasteiger partial charge in [0.05, 0.1) is 22.1 Å². The molecule has 1 aliphatic heterocycles. The highest BCUT2D eigenvalue weighted by Gasteiger charge is 2.20. The molecule has 3 aromatic heterocycles. The van der Waals surface area contributed by atoms with Crippen LogP contribution in [0.4, 0.5) is 17.3 Å². The first-order chi connectivity index (χ1) is 20.3. The highest BCUT2D eigenvalue weighted by molar-refractivity contribution is 7.90. The second kappa shape index (κ2) is 10.7. The Morgan fingerprint density at radius 2 is 1.71 bits per heavy atom. The van der Waals surface area contributed by atoms with Crippen LogP contribution in [0.15, 0.2) is 65.7 Å². The van der Waals surface area contributed by atoms with E-state index in [2.05, 4.69) is 51.2 Å². The van der Waals surface area contributed by atoms with Crippen LogP contribution in [0.5, 0.6) is 0 Å². The van der Waals surface area contributed by atoms with Crippen molar-refractivity contribution in [1.82, 2.24) is 29.3 Å². The summed E-state index contributed by atoms with van der Waals surface area (Å²) in [7, 11) is -1.31. The Morgan fingerprint density at radius 1 is 0.905 bits per heavy atom. The van der Waals surface area contributed by atoms with Crippen molar-refractivity contribution in [1.29, 1.82) is 0 Å². The van der Waals surface area contributed by atoms with Crippen LogP contribution in [-0.4, -0.2) is 77.2 Å². The second-order valence-corrected chi connectivity index (χ2v) is 13.7. The zero-order valence-electron chi connectivity index (χ0n) is 24.1. The number of sulfone groups is 1. The van der Waals surface area contributed by atoms with Crippen LogP contribution in [0.2, 0.25) is 0 Å². The van der Waals surface area contributed by atoms with Crippen molar-refractivity contribution >= 4 is 43.7 Å². The zero-order chi connectivity index (χ0) is 28.8. The number of nitrogens with zero attached hydrogens (tertiary/aromatic N) is 7. The second-order valence-electron chi connectivity index (χ2n) is 11.7. The molecular weight excluding hydrogens is 548 g/mol. The summed E-state index contributed by atoms with van der Waals surface area (Å²) >= 11 is 0. The topological polar surface area (TPSA) is 101 Å². The Kier molecular flexibility index (Phi) is 6.86. The molecule has 0 unspecified atom stereocenters. The lowest BCUT2D eigenvalue weighted by atomic mass is 9.96. The highest BCUT2D eigenvalue weighted by Crippen LogP contribution is 2.31. The van der Waals surface area contributed by atoms with Crippen molar-refractivity contribution < 1.29 is 8.42 Å². The number of fused-ring (bicyclic) bond motifs is 2. The molecule has 2 fully saturated rings. The minimum Gasteiger partial charge on any atom is -0.369 e. The molecular formula is C31H36N8O2S. The molecule has 0 radical (unpaired) electrons. The molecule has 1 saturated carbocycles. The third-order valence-electron chi connectivity index (χ3n) is 8.57. The van der Waals surface area contributed by atoms with Gasteiger partial charge < -0.3 is 15.1 Å². The SMILES string of the molecule is CN1CCN(c2cc(Nc3nc4cccc(-c5ccc6nn(C7CCCCC7)cc6c5)n4n3)cc(S(C)(=O)=O)c2)CC1. The first-order valence-electron chi connectivity index (χ1n) is 14.7. The smallest absolute Gasteiger partial charge is 0.247 e. The molecule has 0 spiro atoms. The molecule has 1 aliphatic carbocycles. The van der Waals surface area contributed by atoms with Gasteiger partial charge in [-0.05, 0) is 62.4 Å². The van der Waals surface area contributed by atoms with Gasteiger partial charge in [0.25, 0.3) is 0 Å². The van der Waals surface area contributed by atoms with Crippen molar-refractivity contribution in [2.75, 3.05) is 49.7 Å². The number of pyridine rings is 1. The molecule has 0 amide bonds. The fourth-order valence-electron chi connectivity index (χ4n) is 6.16. The minimum absolute atomic E-state index is 0.271. The summed E-state index contributed by atoms with van der Waals surface area (Å²) in [5, 5.41) is 14.1. The van der Waals surface area contributed by atoms with Crippen molar-refractivity contribution in [2.45, 2.75) is 43.0 Å². The lowest BCUT2D eigenvalue weighted by Crippen LogP contribution is -2.44. The zero-order valence-corrected chi connectivity index (χ0v) is 24.9. The number of rotatable bonds is 6. The summed E-state index contributed by atoms with van der Waals surface area (Å²) in [4.78, 5) is 9.49. The van der Waals surface area contributed by atoms with E-state index in [9.17, 15) is 8.42 Å². The average molecular weight is 585 g/mol. The Bertz CT molecular complexity index is 1860.